The number of fused-ring (bicyclic) bond motifs is 4. The number of nitrogens with one attached hydrogen (secondary N) is 1. The zero-order valence-corrected chi connectivity index (χ0v) is 80.9. The number of rotatable bonds is 19. The van der Waals surface area contributed by atoms with E-state index in [0.29, 0.717) is 109 Å². The number of ether oxygens (including phenoxy) is 2. The van der Waals surface area contributed by atoms with E-state index in [0.717, 1.165) is 102 Å². The Balaban J connectivity index is 0.000000281. The second-order valence-electron chi connectivity index (χ2n) is 28.2. The minimum atomic E-state index is -0.924. The molecule has 5 aromatic carbocycles. The Kier molecular flexibility index (Phi) is 50.4. The Bertz CT molecular complexity index is 6100. The van der Waals surface area contributed by atoms with Crippen LogP contribution in [-0.2, 0) is 78.3 Å². The number of nitrogens with two attached hydrogens (primary N) is 1. The predicted octanol–water partition coefficient (Wildman–Crippen LogP) is 20.5. The molecule has 28 nitrogen and oxygen atoms in total. The van der Waals surface area contributed by atoms with E-state index in [1.165, 1.54) is 45.3 Å². The highest BCUT2D eigenvalue weighted by Crippen LogP contribution is 2.33. The van der Waals surface area contributed by atoms with Crippen LogP contribution in [0.25, 0.3) is 67.6 Å². The molecule has 16 rings (SSSR count). The topological polar surface area (TPSA) is 359 Å². The van der Waals surface area contributed by atoms with E-state index < -0.39 is 17.9 Å². The molecular formula is C96H95Cl11N14O14. The van der Waals surface area contributed by atoms with E-state index in [2.05, 4.69) is 60.1 Å². The van der Waals surface area contributed by atoms with Gasteiger partial charge in [0.25, 0.3) is 0 Å². The van der Waals surface area contributed by atoms with Crippen LogP contribution in [-0.4, -0.2) is 194 Å². The number of imidazole rings is 4. The van der Waals surface area contributed by atoms with Gasteiger partial charge in [0.2, 0.25) is 5.91 Å². The van der Waals surface area contributed by atoms with Crippen molar-refractivity contribution in [1.29, 1.82) is 0 Å². The molecule has 135 heavy (non-hydrogen) atoms. The van der Waals surface area contributed by atoms with Gasteiger partial charge in [-0.1, -0.05) is 198 Å². The third-order valence-corrected chi connectivity index (χ3v) is 21.3. The van der Waals surface area contributed by atoms with E-state index in [-0.39, 0.29) is 69.7 Å². The highest BCUT2D eigenvalue weighted by atomic mass is 35.5. The number of carboxylic acids is 2. The van der Waals surface area contributed by atoms with Gasteiger partial charge < -0.3 is 58.1 Å². The maximum Gasteiger partial charge on any atom is 0.384 e. The van der Waals surface area contributed by atoms with Crippen molar-refractivity contribution in [2.75, 3.05) is 84.4 Å². The number of anilines is 1. The number of aldehydes is 1. The fourth-order valence-electron chi connectivity index (χ4n) is 13.1. The Morgan fingerprint density at radius 1 is 0.422 bits per heavy atom. The van der Waals surface area contributed by atoms with Crippen LogP contribution >= 0.6 is 128 Å². The summed E-state index contributed by atoms with van der Waals surface area (Å²) in [5.41, 5.74) is 17.7. The van der Waals surface area contributed by atoms with Gasteiger partial charge in [0.05, 0.1) is 110 Å². The smallest absolute Gasteiger partial charge is 0.384 e. The summed E-state index contributed by atoms with van der Waals surface area (Å²) in [5, 5.41) is 27.6. The number of carboxylic acid groups (broad SMARTS) is 2. The van der Waals surface area contributed by atoms with E-state index in [1.54, 1.807) is 150 Å². The average Bonchev–Trinajstić information content (AvgIpc) is 1.66. The number of benzene rings is 5. The van der Waals surface area contributed by atoms with Crippen molar-refractivity contribution < 1.29 is 67.6 Å². The van der Waals surface area contributed by atoms with Crippen LogP contribution in [0, 0.1) is 12.3 Å². The monoisotopic (exact) mass is 2050 g/mol. The van der Waals surface area contributed by atoms with Crippen molar-refractivity contribution in [3.8, 4) is 57.4 Å². The van der Waals surface area contributed by atoms with Gasteiger partial charge in [-0.25, -0.2) is 29.7 Å². The van der Waals surface area contributed by atoms with Gasteiger partial charge in [0.1, 0.15) is 34.7 Å². The first-order chi connectivity index (χ1) is 63.9. The third-order valence-electron chi connectivity index (χ3n) is 18.9. The summed E-state index contributed by atoms with van der Waals surface area (Å²) in [6.45, 7) is 19.2. The lowest BCUT2D eigenvalue weighted by Gasteiger charge is -2.34. The Labute approximate surface area is 835 Å². The minimum Gasteiger partial charge on any atom is -0.481 e. The fraction of sp³-hybridized carbons (Fsp3) is 0.240. The first-order valence-electron chi connectivity index (χ1n) is 40.8. The molecule has 0 unspecified atom stereocenters. The molecule has 0 spiro atoms. The van der Waals surface area contributed by atoms with E-state index in [1.807, 2.05) is 98.8 Å². The number of esters is 2. The number of nitrogens with zero attached hydrogens (tertiary/aromatic N) is 12. The number of halogens is 11. The van der Waals surface area contributed by atoms with Gasteiger partial charge in [-0.2, -0.15) is 19.2 Å². The lowest BCUT2D eigenvalue weighted by molar-refractivity contribution is -0.193. The van der Waals surface area contributed by atoms with Crippen LogP contribution in [0.5, 0.6) is 0 Å². The normalized spacial score (nSPS) is 11.6. The summed E-state index contributed by atoms with van der Waals surface area (Å²) < 4.78 is 16.6. The number of aliphatic carboxylic acids is 2. The first kappa shape index (κ1) is 114. The minimum absolute atomic E-state index is 0. The summed E-state index contributed by atoms with van der Waals surface area (Å²) in [4.78, 5) is 129. The SMILES string of the molecule is C.C#CC(=O)OCC.CCCN1CCN(C(=O)Cc2c(-c3ccc(Cl)cc3)nc3ccc(Cl)cn23)CC1.CCCN1CCNCC1.CCOC(=O)Cc1c(-c2ccc(Cl)cc2)nc2ccc(Cl)cn12.Cl.Nc1ccc(Cl)cn1.O=C(O)Cc1c(-c2ccc(Cl)cc2)nc2ccc(Cl)cn12.O=C(O)Cc1c(-c2ccc(Cl)cc2)nc2ccc(Cl)cn12.O=C=O.O=C=O.O=Cc1ccc(Cl)cc1. The molecule has 0 bridgehead atoms. The number of piperazine rings is 2. The zero-order valence-electron chi connectivity index (χ0n) is 72.5. The van der Waals surface area contributed by atoms with Crippen molar-refractivity contribution in [2.45, 2.75) is 73.6 Å². The van der Waals surface area contributed by atoms with Crippen molar-refractivity contribution in [3.05, 3.63) is 292 Å². The van der Waals surface area contributed by atoms with Crippen molar-refractivity contribution in [2.24, 2.45) is 0 Å². The summed E-state index contributed by atoms with van der Waals surface area (Å²) in [6, 6.07) is 53.5. The van der Waals surface area contributed by atoms with Gasteiger partial charge in [-0.15, -0.1) is 18.8 Å². The van der Waals surface area contributed by atoms with Crippen molar-refractivity contribution >= 4 is 205 Å². The molecule has 710 valence electrons. The van der Waals surface area contributed by atoms with E-state index in [9.17, 15) is 28.8 Å². The standard InChI is InChI=1S/C22H24Cl2N4O.C17H14Cl2N2O2.2C15H10Cl2N2O2.C7H5ClO.C7H16N2.C5H5ClN2.C5H6O2.2CO2.CH4.ClH/c1-2-9-26-10-12-27(13-11-26)21(29)14-19-22(16-3-5-17(23)6-4-16)25-20-8-7-18(24)15-28(19)20;1-2-23-16(22)9-14-17(11-3-5-12(18)6-4-11)20-15-8-7-13(19)10-21(14)15;2*16-10-3-1-9(2-4-10)15-12(7-14(20)21)19-8-11(17)5-6-13(19)18-15;8-7-3-1-6(5-9)2-4-7;1-2-5-9-6-3-8-4-7-9;6-4-1-2-5(7)8-3-4;1-3-5(6)7-4-2;2*2-1-3;;/h3-8,15H,2,9-14H2,1H3;3-8,10H,2,9H2,1H3;2*1-6,8H,7H2,(H,20,21);1-5H;8H,2-7H2,1H3;1-3H,(H2,7,8);1H,4H2,2H3;;;1H4;1H. The highest BCUT2D eigenvalue weighted by molar-refractivity contribution is 6.33. The second kappa shape index (κ2) is 59.9. The number of nitrogen functional groups attached to an aromatic ring is 1. The molecule has 2 fully saturated rings. The van der Waals surface area contributed by atoms with Gasteiger partial charge >= 0.3 is 36.2 Å². The lowest BCUT2D eigenvalue weighted by atomic mass is 10.1. The van der Waals surface area contributed by atoms with Crippen molar-refractivity contribution in [1.82, 2.24) is 62.5 Å². The molecule has 5 N–H and O–H groups in total. The Hall–Kier alpha value is -11.8. The first-order valence-corrected chi connectivity index (χ1v) is 44.6. The molecule has 11 heterocycles. The average molecular weight is 2060 g/mol. The van der Waals surface area contributed by atoms with Crippen LogP contribution in [0.3, 0.4) is 0 Å². The highest BCUT2D eigenvalue weighted by Gasteiger charge is 2.26. The van der Waals surface area contributed by atoms with E-state index >= 15 is 0 Å². The van der Waals surface area contributed by atoms with Gasteiger partial charge in [-0.3, -0.25) is 28.9 Å². The fourth-order valence-corrected chi connectivity index (χ4v) is 14.5. The van der Waals surface area contributed by atoms with Crippen molar-refractivity contribution in [3.63, 3.8) is 0 Å². The summed E-state index contributed by atoms with van der Waals surface area (Å²) >= 11 is 59.1. The zero-order chi connectivity index (χ0) is 97.1. The molecule has 39 heteroatoms. The number of aromatic nitrogens is 9. The quantitative estimate of drug-likeness (QED) is 0.0253. The van der Waals surface area contributed by atoms with Gasteiger partial charge in [0.15, 0.2) is 0 Å². The number of terminal acetylenes is 1. The number of hydrogen-bond acceptors (Lipinski definition) is 21. The number of carbonyl (C=O) groups is 6. The number of hydrogen-bond donors (Lipinski definition) is 4. The second-order valence-corrected chi connectivity index (χ2v) is 32.5. The third kappa shape index (κ3) is 37.1. The molecule has 14 aromatic rings. The number of pyridine rings is 5. The molecular weight excluding hydrogens is 1960 g/mol. The Morgan fingerprint density at radius 2 is 0.719 bits per heavy atom. The molecule has 0 radical (unpaired) electrons. The number of carbonyl (C=O) groups excluding carboxylic acids is 8. The molecule has 0 aliphatic carbocycles. The van der Waals surface area contributed by atoms with Gasteiger partial charge in [0, 0.05) is 142 Å². The maximum absolute atomic E-state index is 13.1. The summed E-state index contributed by atoms with van der Waals surface area (Å²) in [5.74, 6) is -0.322. The van der Waals surface area contributed by atoms with Crippen LogP contribution in [0.15, 0.2) is 213 Å². The van der Waals surface area contributed by atoms with E-state index in [4.69, 9.17) is 161 Å². The molecule has 1 amide bonds. The summed E-state index contributed by atoms with van der Waals surface area (Å²) in [6.07, 6.45) is 16.9. The van der Waals surface area contributed by atoms with Gasteiger partial charge in [-0.05, 0) is 161 Å². The predicted molar refractivity (Wildman–Crippen MR) is 532 cm³/mol. The molecule has 2 aliphatic heterocycles. The molecule has 9 aromatic heterocycles. The number of amides is 1. The molecule has 0 atom stereocenters. The molecule has 2 aliphatic rings. The lowest BCUT2D eigenvalue weighted by Crippen LogP contribution is -2.49. The van der Waals surface area contributed by atoms with Crippen LogP contribution < -0.4 is 11.1 Å². The van der Waals surface area contributed by atoms with Crippen LogP contribution in [0.2, 0.25) is 50.2 Å². The maximum atomic E-state index is 13.1. The molecule has 2 saturated heterocycles. The van der Waals surface area contributed by atoms with Crippen LogP contribution in [0.4, 0.5) is 5.82 Å². The Morgan fingerprint density at radius 3 is 0.993 bits per heavy atom. The van der Waals surface area contributed by atoms with Crippen LogP contribution in [0.1, 0.15) is 81.1 Å². The molecule has 0 saturated carbocycles. The largest absolute Gasteiger partial charge is 0.481 e. The summed E-state index contributed by atoms with van der Waals surface area (Å²) in [7, 11) is 0.